The van der Waals surface area contributed by atoms with E-state index in [1.807, 2.05) is 27.7 Å². The van der Waals surface area contributed by atoms with Crippen LogP contribution in [0, 0.1) is 5.41 Å². The van der Waals surface area contributed by atoms with Gasteiger partial charge in [0, 0.05) is 6.54 Å². The molecule has 14 heavy (non-hydrogen) atoms. The summed E-state index contributed by atoms with van der Waals surface area (Å²) in [4.78, 5) is 11.5. The van der Waals surface area contributed by atoms with Gasteiger partial charge in [-0.2, -0.15) is 0 Å². The summed E-state index contributed by atoms with van der Waals surface area (Å²) in [6.07, 6.45) is 0.150. The molecule has 0 radical (unpaired) electrons. The molecule has 0 aromatic heterocycles. The molecule has 0 fully saturated rings. The molecule has 0 bridgehead atoms. The van der Waals surface area contributed by atoms with Gasteiger partial charge in [0.05, 0.1) is 12.1 Å². The molecular weight excluding hydrogens is 180 g/mol. The number of aliphatic hydroxyl groups excluding tert-OH is 1. The molecule has 0 saturated carbocycles. The first-order valence-corrected chi connectivity index (χ1v) is 5.00. The molecule has 1 amide bonds. The Hall–Kier alpha value is -0.610. The van der Waals surface area contributed by atoms with Crippen LogP contribution in [0.25, 0.3) is 0 Å². The molecule has 0 aliphatic rings. The van der Waals surface area contributed by atoms with Crippen LogP contribution in [0.4, 0.5) is 0 Å². The third-order valence-corrected chi connectivity index (χ3v) is 2.20. The Kier molecular flexibility index (Phi) is 5.08. The van der Waals surface area contributed by atoms with E-state index in [1.54, 1.807) is 0 Å². The van der Waals surface area contributed by atoms with Crippen LogP contribution >= 0.6 is 0 Å². The van der Waals surface area contributed by atoms with Gasteiger partial charge in [-0.05, 0) is 11.8 Å². The van der Waals surface area contributed by atoms with Crippen LogP contribution < -0.4 is 11.1 Å². The Balaban J connectivity index is 3.97. The Morgan fingerprint density at radius 1 is 1.50 bits per heavy atom. The molecule has 0 aliphatic heterocycles. The second-order valence-corrected chi connectivity index (χ2v) is 4.65. The highest BCUT2D eigenvalue weighted by Crippen LogP contribution is 2.16. The van der Waals surface area contributed by atoms with Crippen molar-refractivity contribution in [2.75, 3.05) is 6.54 Å². The van der Waals surface area contributed by atoms with Crippen molar-refractivity contribution in [2.24, 2.45) is 11.1 Å². The molecular formula is C10H22N2O2. The van der Waals surface area contributed by atoms with Gasteiger partial charge in [-0.15, -0.1) is 0 Å². The Morgan fingerprint density at radius 3 is 2.36 bits per heavy atom. The number of aliphatic hydroxyl groups is 1. The molecule has 2 atom stereocenters. The van der Waals surface area contributed by atoms with Crippen LogP contribution in [0.3, 0.4) is 0 Å². The number of hydrogen-bond donors (Lipinski definition) is 3. The molecule has 0 aromatic rings. The number of carbonyl (C=O) groups excluding carboxylic acids is 1. The minimum absolute atomic E-state index is 0.204. The zero-order valence-corrected chi connectivity index (χ0v) is 9.50. The van der Waals surface area contributed by atoms with Crippen LogP contribution in [0.15, 0.2) is 0 Å². The van der Waals surface area contributed by atoms with Crippen molar-refractivity contribution in [1.29, 1.82) is 0 Å². The monoisotopic (exact) mass is 202 g/mol. The van der Waals surface area contributed by atoms with Gasteiger partial charge in [-0.1, -0.05) is 27.7 Å². The van der Waals surface area contributed by atoms with E-state index in [0.29, 0.717) is 6.42 Å². The van der Waals surface area contributed by atoms with Crippen LogP contribution in [0.1, 0.15) is 34.1 Å². The minimum atomic E-state index is -0.536. The fourth-order valence-corrected chi connectivity index (χ4v) is 0.866. The highest BCUT2D eigenvalue weighted by molar-refractivity contribution is 5.82. The van der Waals surface area contributed by atoms with E-state index >= 15 is 0 Å². The molecule has 0 rings (SSSR count). The van der Waals surface area contributed by atoms with E-state index in [-0.39, 0.29) is 17.9 Å². The lowest BCUT2D eigenvalue weighted by Crippen LogP contribution is -2.50. The lowest BCUT2D eigenvalue weighted by atomic mass is 9.87. The van der Waals surface area contributed by atoms with E-state index in [2.05, 4.69) is 5.32 Å². The second-order valence-electron chi connectivity index (χ2n) is 4.65. The van der Waals surface area contributed by atoms with E-state index in [0.717, 1.165) is 0 Å². The molecule has 4 heteroatoms. The number of nitrogens with two attached hydrogens (primary N) is 1. The fraction of sp³-hybridized carbons (Fsp3) is 0.900. The van der Waals surface area contributed by atoms with Gasteiger partial charge < -0.3 is 16.2 Å². The zero-order chi connectivity index (χ0) is 11.4. The first-order valence-electron chi connectivity index (χ1n) is 5.00. The van der Waals surface area contributed by atoms with Gasteiger partial charge in [-0.25, -0.2) is 0 Å². The van der Waals surface area contributed by atoms with E-state index in [9.17, 15) is 9.90 Å². The molecule has 84 valence electrons. The van der Waals surface area contributed by atoms with Gasteiger partial charge in [0.2, 0.25) is 5.91 Å². The Morgan fingerprint density at radius 2 is 2.00 bits per heavy atom. The first-order chi connectivity index (χ1) is 6.29. The average Bonchev–Trinajstić information content (AvgIpc) is 2.10. The summed E-state index contributed by atoms with van der Waals surface area (Å²) in [5, 5.41) is 11.9. The largest absolute Gasteiger partial charge is 0.391 e. The fourth-order valence-electron chi connectivity index (χ4n) is 0.866. The Bertz CT molecular complexity index is 187. The third kappa shape index (κ3) is 4.58. The van der Waals surface area contributed by atoms with Crippen molar-refractivity contribution in [3.05, 3.63) is 0 Å². The maximum absolute atomic E-state index is 11.5. The topological polar surface area (TPSA) is 75.3 Å². The molecule has 0 aromatic carbocycles. The molecule has 0 heterocycles. The van der Waals surface area contributed by atoms with E-state index in [1.165, 1.54) is 0 Å². The standard InChI is InChI=1S/C10H22N2O2/c1-5-7(13)6-12-9(14)8(11)10(2,3)4/h7-8,13H,5-6,11H2,1-4H3,(H,12,14). The Labute approximate surface area is 85.9 Å². The van der Waals surface area contributed by atoms with Crippen molar-refractivity contribution >= 4 is 5.91 Å². The van der Waals surface area contributed by atoms with E-state index < -0.39 is 12.1 Å². The summed E-state index contributed by atoms with van der Waals surface area (Å²) in [7, 11) is 0. The third-order valence-electron chi connectivity index (χ3n) is 2.20. The number of nitrogens with one attached hydrogen (secondary N) is 1. The average molecular weight is 202 g/mol. The van der Waals surface area contributed by atoms with Gasteiger partial charge in [0.15, 0.2) is 0 Å². The van der Waals surface area contributed by atoms with Gasteiger partial charge in [-0.3, -0.25) is 4.79 Å². The maximum atomic E-state index is 11.5. The first kappa shape index (κ1) is 13.4. The SMILES string of the molecule is CCC(O)CNC(=O)C(N)C(C)(C)C. The lowest BCUT2D eigenvalue weighted by molar-refractivity contribution is -0.125. The summed E-state index contributed by atoms with van der Waals surface area (Å²) in [6.45, 7) is 7.87. The predicted molar refractivity (Wildman–Crippen MR) is 56.7 cm³/mol. The number of amides is 1. The van der Waals surface area contributed by atoms with Crippen molar-refractivity contribution in [2.45, 2.75) is 46.3 Å². The minimum Gasteiger partial charge on any atom is -0.391 e. The quantitative estimate of drug-likeness (QED) is 0.611. The highest BCUT2D eigenvalue weighted by Gasteiger charge is 2.27. The second kappa shape index (κ2) is 5.32. The number of hydrogen-bond acceptors (Lipinski definition) is 3. The van der Waals surface area contributed by atoms with Crippen LogP contribution in [-0.2, 0) is 4.79 Å². The van der Waals surface area contributed by atoms with Crippen molar-refractivity contribution < 1.29 is 9.90 Å². The van der Waals surface area contributed by atoms with Crippen molar-refractivity contribution in [1.82, 2.24) is 5.32 Å². The smallest absolute Gasteiger partial charge is 0.237 e. The highest BCUT2D eigenvalue weighted by atomic mass is 16.3. The molecule has 2 unspecified atom stereocenters. The maximum Gasteiger partial charge on any atom is 0.237 e. The van der Waals surface area contributed by atoms with Gasteiger partial charge in [0.25, 0.3) is 0 Å². The van der Waals surface area contributed by atoms with Gasteiger partial charge >= 0.3 is 0 Å². The van der Waals surface area contributed by atoms with Crippen LogP contribution in [0.5, 0.6) is 0 Å². The number of rotatable bonds is 4. The summed E-state index contributed by atoms with van der Waals surface area (Å²) in [5.74, 6) is -0.204. The van der Waals surface area contributed by atoms with Crippen LogP contribution in [-0.4, -0.2) is 29.7 Å². The molecule has 0 spiro atoms. The molecule has 4 N–H and O–H groups in total. The molecule has 0 saturated heterocycles. The molecule has 0 aliphatic carbocycles. The summed E-state index contributed by atoms with van der Waals surface area (Å²) in [6, 6.07) is -0.536. The summed E-state index contributed by atoms with van der Waals surface area (Å²) < 4.78 is 0. The van der Waals surface area contributed by atoms with E-state index in [4.69, 9.17) is 5.73 Å². The summed E-state index contributed by atoms with van der Waals surface area (Å²) >= 11 is 0. The lowest BCUT2D eigenvalue weighted by Gasteiger charge is -2.26. The molecule has 4 nitrogen and oxygen atoms in total. The summed E-state index contributed by atoms with van der Waals surface area (Å²) in [5.41, 5.74) is 5.48. The van der Waals surface area contributed by atoms with Gasteiger partial charge in [0.1, 0.15) is 0 Å². The normalized spacial score (nSPS) is 16.1. The number of carbonyl (C=O) groups is 1. The predicted octanol–water partition coefficient (Wildman–Crippen LogP) is 0.247. The van der Waals surface area contributed by atoms with Crippen molar-refractivity contribution in [3.8, 4) is 0 Å². The zero-order valence-electron chi connectivity index (χ0n) is 9.50. The van der Waals surface area contributed by atoms with Crippen LogP contribution in [0.2, 0.25) is 0 Å². The van der Waals surface area contributed by atoms with Crippen molar-refractivity contribution in [3.63, 3.8) is 0 Å².